The van der Waals surface area contributed by atoms with Crippen LogP contribution in [0.5, 0.6) is 0 Å². The van der Waals surface area contributed by atoms with Gasteiger partial charge < -0.3 is 0 Å². The zero-order chi connectivity index (χ0) is 15.0. The normalized spacial score (nSPS) is 20.8. The van der Waals surface area contributed by atoms with Crippen molar-refractivity contribution in [3.63, 3.8) is 0 Å². The Labute approximate surface area is 140 Å². The lowest BCUT2D eigenvalue weighted by Crippen LogP contribution is -2.12. The van der Waals surface area contributed by atoms with Crippen molar-refractivity contribution < 1.29 is 0 Å². The van der Waals surface area contributed by atoms with Crippen LogP contribution in [0.25, 0.3) is 0 Å². The first-order valence-electron chi connectivity index (χ1n) is 6.97. The fraction of sp³-hybridized carbons (Fsp3) is 0.294. The summed E-state index contributed by atoms with van der Waals surface area (Å²) in [5.41, 5.74) is 3.93. The number of fused-ring (bicyclic) bond motifs is 1. The number of halogens is 3. The van der Waals surface area contributed by atoms with Crippen molar-refractivity contribution in [1.82, 2.24) is 4.42 Å². The SMILES string of the molecule is CN(Cl)C1CC(Cc2ccc(Cl)c(Cl)c2)c2ccccc21. The summed E-state index contributed by atoms with van der Waals surface area (Å²) in [5, 5.41) is 1.22. The molecule has 0 N–H and O–H groups in total. The standard InChI is InChI=1S/C17H16Cl3N/c1-21(20)17-10-12(13-4-2-3-5-14(13)17)8-11-6-7-15(18)16(19)9-11/h2-7,9,12,17H,8,10H2,1H3. The number of hydrogen-bond acceptors (Lipinski definition) is 1. The van der Waals surface area contributed by atoms with Crippen LogP contribution in [0.2, 0.25) is 10.0 Å². The highest BCUT2D eigenvalue weighted by molar-refractivity contribution is 6.42. The summed E-state index contributed by atoms with van der Waals surface area (Å²) < 4.78 is 1.79. The van der Waals surface area contributed by atoms with E-state index >= 15 is 0 Å². The van der Waals surface area contributed by atoms with Crippen LogP contribution >= 0.6 is 35.0 Å². The Morgan fingerprint density at radius 1 is 1.05 bits per heavy atom. The second kappa shape index (κ2) is 6.18. The molecule has 0 aromatic heterocycles. The Bertz CT molecular complexity index is 654. The Hall–Kier alpha value is -0.730. The van der Waals surface area contributed by atoms with Crippen molar-refractivity contribution >= 4 is 35.0 Å². The third kappa shape index (κ3) is 3.07. The van der Waals surface area contributed by atoms with E-state index in [-0.39, 0.29) is 6.04 Å². The third-order valence-electron chi connectivity index (χ3n) is 4.20. The van der Waals surface area contributed by atoms with Crippen LogP contribution < -0.4 is 0 Å². The van der Waals surface area contributed by atoms with Crippen molar-refractivity contribution in [2.75, 3.05) is 7.05 Å². The molecule has 0 saturated heterocycles. The van der Waals surface area contributed by atoms with Crippen LogP contribution in [-0.4, -0.2) is 11.5 Å². The average Bonchev–Trinajstić information content (AvgIpc) is 2.82. The summed E-state index contributed by atoms with van der Waals surface area (Å²) in [6.45, 7) is 0. The predicted molar refractivity (Wildman–Crippen MR) is 90.3 cm³/mol. The lowest BCUT2D eigenvalue weighted by atomic mass is 9.93. The molecular weight excluding hydrogens is 325 g/mol. The summed E-state index contributed by atoms with van der Waals surface area (Å²) in [6.07, 6.45) is 1.98. The van der Waals surface area contributed by atoms with Gasteiger partial charge in [-0.1, -0.05) is 53.5 Å². The summed E-state index contributed by atoms with van der Waals surface area (Å²) >= 11 is 18.3. The molecule has 0 bridgehead atoms. The molecule has 110 valence electrons. The maximum absolute atomic E-state index is 6.22. The quantitative estimate of drug-likeness (QED) is 0.633. The maximum Gasteiger partial charge on any atom is 0.0595 e. The van der Waals surface area contributed by atoms with Crippen molar-refractivity contribution in [3.8, 4) is 0 Å². The van der Waals surface area contributed by atoms with Gasteiger partial charge >= 0.3 is 0 Å². The van der Waals surface area contributed by atoms with Gasteiger partial charge in [-0.2, -0.15) is 0 Å². The van der Waals surface area contributed by atoms with Crippen LogP contribution in [0.4, 0.5) is 0 Å². The van der Waals surface area contributed by atoms with Crippen LogP contribution in [0.15, 0.2) is 42.5 Å². The molecule has 0 radical (unpaired) electrons. The van der Waals surface area contributed by atoms with Gasteiger partial charge in [0, 0.05) is 7.05 Å². The largest absolute Gasteiger partial charge is 0.216 e. The molecule has 1 aliphatic rings. The van der Waals surface area contributed by atoms with Crippen molar-refractivity contribution in [2.24, 2.45) is 0 Å². The molecule has 2 atom stereocenters. The summed E-state index contributed by atoms with van der Waals surface area (Å²) in [6, 6.07) is 14.7. The van der Waals surface area contributed by atoms with Gasteiger partial charge in [0.05, 0.1) is 16.1 Å². The third-order valence-corrected chi connectivity index (χ3v) is 5.17. The first kappa shape index (κ1) is 15.2. The molecule has 0 fully saturated rings. The average molecular weight is 341 g/mol. The lowest BCUT2D eigenvalue weighted by Gasteiger charge is -2.17. The number of nitrogens with zero attached hydrogens (tertiary/aromatic N) is 1. The molecule has 0 saturated carbocycles. The highest BCUT2D eigenvalue weighted by Gasteiger charge is 2.32. The van der Waals surface area contributed by atoms with Gasteiger partial charge in [0.25, 0.3) is 0 Å². The van der Waals surface area contributed by atoms with Crippen LogP contribution in [-0.2, 0) is 6.42 Å². The van der Waals surface area contributed by atoms with Crippen molar-refractivity contribution in [1.29, 1.82) is 0 Å². The molecule has 2 unspecified atom stereocenters. The van der Waals surface area contributed by atoms with Gasteiger partial charge in [0.15, 0.2) is 0 Å². The fourth-order valence-corrected chi connectivity index (χ4v) is 3.70. The van der Waals surface area contributed by atoms with E-state index in [2.05, 4.69) is 30.3 Å². The number of rotatable bonds is 3. The van der Waals surface area contributed by atoms with Gasteiger partial charge in [0.1, 0.15) is 0 Å². The van der Waals surface area contributed by atoms with Gasteiger partial charge in [-0.05, 0) is 59.4 Å². The smallest absolute Gasteiger partial charge is 0.0595 e. The Morgan fingerprint density at radius 3 is 2.43 bits per heavy atom. The number of benzene rings is 2. The summed E-state index contributed by atoms with van der Waals surface area (Å²) in [5.74, 6) is 0.463. The van der Waals surface area contributed by atoms with Gasteiger partial charge in [0.2, 0.25) is 0 Å². The molecule has 4 heteroatoms. The highest BCUT2D eigenvalue weighted by Crippen LogP contribution is 2.45. The zero-order valence-corrected chi connectivity index (χ0v) is 14.0. The van der Waals surface area contributed by atoms with Crippen molar-refractivity contribution in [2.45, 2.75) is 24.8 Å². The molecule has 21 heavy (non-hydrogen) atoms. The Morgan fingerprint density at radius 2 is 1.76 bits per heavy atom. The van der Waals surface area contributed by atoms with Crippen LogP contribution in [0, 0.1) is 0 Å². The lowest BCUT2D eigenvalue weighted by molar-refractivity contribution is 0.385. The molecule has 2 aromatic carbocycles. The van der Waals surface area contributed by atoms with Crippen LogP contribution in [0.1, 0.15) is 35.1 Å². The zero-order valence-electron chi connectivity index (χ0n) is 11.7. The van der Waals surface area contributed by atoms with E-state index in [1.807, 2.05) is 19.2 Å². The number of hydrogen-bond donors (Lipinski definition) is 0. The monoisotopic (exact) mass is 339 g/mol. The van der Waals surface area contributed by atoms with Gasteiger partial charge in [-0.25, -0.2) is 4.42 Å². The van der Waals surface area contributed by atoms with E-state index in [0.717, 1.165) is 12.8 Å². The van der Waals surface area contributed by atoms with E-state index in [1.165, 1.54) is 16.7 Å². The maximum atomic E-state index is 6.22. The molecule has 1 nitrogen and oxygen atoms in total. The van der Waals surface area contributed by atoms with Gasteiger partial charge in [-0.3, -0.25) is 0 Å². The van der Waals surface area contributed by atoms with E-state index in [9.17, 15) is 0 Å². The van der Waals surface area contributed by atoms with E-state index < -0.39 is 0 Å². The molecule has 0 amide bonds. The van der Waals surface area contributed by atoms with Crippen molar-refractivity contribution in [3.05, 3.63) is 69.2 Å². The Balaban J connectivity index is 1.88. The molecule has 3 rings (SSSR count). The Kier molecular flexibility index (Phi) is 4.46. The van der Waals surface area contributed by atoms with Gasteiger partial charge in [-0.15, -0.1) is 0 Å². The minimum absolute atomic E-state index is 0.274. The molecule has 0 spiro atoms. The first-order valence-corrected chi connectivity index (χ1v) is 8.07. The summed E-state index contributed by atoms with van der Waals surface area (Å²) in [4.78, 5) is 0. The van der Waals surface area contributed by atoms with E-state index in [0.29, 0.717) is 16.0 Å². The molecule has 0 aliphatic heterocycles. The highest BCUT2D eigenvalue weighted by atomic mass is 35.5. The minimum Gasteiger partial charge on any atom is -0.216 e. The molecule has 2 aromatic rings. The second-order valence-electron chi connectivity index (χ2n) is 5.55. The van der Waals surface area contributed by atoms with E-state index in [4.69, 9.17) is 35.0 Å². The predicted octanol–water partition coefficient (Wildman–Crippen LogP) is 5.85. The topological polar surface area (TPSA) is 3.24 Å². The van der Waals surface area contributed by atoms with Crippen LogP contribution in [0.3, 0.4) is 0 Å². The minimum atomic E-state index is 0.274. The molecule has 1 aliphatic carbocycles. The van der Waals surface area contributed by atoms with E-state index in [1.54, 1.807) is 4.42 Å². The fourth-order valence-electron chi connectivity index (χ4n) is 3.19. The second-order valence-corrected chi connectivity index (χ2v) is 6.90. The first-order chi connectivity index (χ1) is 10.1. The summed E-state index contributed by atoms with van der Waals surface area (Å²) in [7, 11) is 1.92. The molecular formula is C17H16Cl3N. The molecule has 0 heterocycles.